The lowest BCUT2D eigenvalue weighted by molar-refractivity contribution is 0.0186. The number of carbonyl (C=O) groups excluding carboxylic acids is 1. The van der Waals surface area contributed by atoms with Crippen molar-refractivity contribution in [1.29, 1.82) is 0 Å². The Hall–Kier alpha value is -2.28. The van der Waals surface area contributed by atoms with Crippen LogP contribution in [0.5, 0.6) is 0 Å². The smallest absolute Gasteiger partial charge is 0.410 e. The number of benzene rings is 1. The number of carbonyl (C=O) groups is 1. The molecule has 7 heteroatoms. The number of aliphatic imine (C=N–C) groups is 1. The third-order valence-electron chi connectivity index (χ3n) is 5.63. The number of amides is 1. The van der Waals surface area contributed by atoms with Gasteiger partial charge in [0.1, 0.15) is 5.60 Å². The molecule has 2 N–H and O–H groups in total. The summed E-state index contributed by atoms with van der Waals surface area (Å²) in [6, 6.07) is 10.4. The SMILES string of the molecule is CC(C)(C)OC(=O)N1CCN(C(N)=NC(CC2CCOCC2)c2ccccc2)CC1. The van der Waals surface area contributed by atoms with E-state index in [1.807, 2.05) is 26.8 Å². The van der Waals surface area contributed by atoms with E-state index in [0.29, 0.717) is 38.1 Å². The number of hydrogen-bond acceptors (Lipinski definition) is 4. The lowest BCUT2D eigenvalue weighted by Crippen LogP contribution is -2.53. The lowest BCUT2D eigenvalue weighted by Gasteiger charge is -2.36. The highest BCUT2D eigenvalue weighted by Gasteiger charge is 2.27. The first-order chi connectivity index (χ1) is 14.3. The molecule has 2 aliphatic rings. The van der Waals surface area contributed by atoms with Crippen molar-refractivity contribution in [1.82, 2.24) is 9.80 Å². The fourth-order valence-corrected chi connectivity index (χ4v) is 3.92. The third kappa shape index (κ3) is 6.62. The molecule has 3 rings (SSSR count). The molecule has 1 atom stereocenters. The average molecular weight is 417 g/mol. The van der Waals surface area contributed by atoms with Crippen molar-refractivity contribution in [2.45, 2.75) is 51.7 Å². The van der Waals surface area contributed by atoms with Gasteiger partial charge in [-0.05, 0) is 51.5 Å². The Labute approximate surface area is 180 Å². The minimum atomic E-state index is -0.484. The van der Waals surface area contributed by atoms with E-state index in [-0.39, 0.29) is 12.1 Å². The largest absolute Gasteiger partial charge is 0.444 e. The first-order valence-electron chi connectivity index (χ1n) is 11.0. The van der Waals surface area contributed by atoms with Crippen molar-refractivity contribution in [2.24, 2.45) is 16.6 Å². The Balaban J connectivity index is 1.63. The Kier molecular flexibility index (Phi) is 7.58. The molecule has 2 heterocycles. The number of guanidine groups is 1. The zero-order valence-electron chi connectivity index (χ0n) is 18.5. The van der Waals surface area contributed by atoms with Gasteiger partial charge in [0.05, 0.1) is 6.04 Å². The zero-order valence-corrected chi connectivity index (χ0v) is 18.5. The standard InChI is InChI=1S/C23H36N4O3/c1-23(2,3)30-22(28)27-13-11-26(12-14-27)21(24)25-20(19-7-5-4-6-8-19)17-18-9-15-29-16-10-18/h4-8,18,20H,9-17H2,1-3H3,(H2,24,25). The van der Waals surface area contributed by atoms with E-state index in [9.17, 15) is 4.79 Å². The van der Waals surface area contributed by atoms with E-state index >= 15 is 0 Å². The van der Waals surface area contributed by atoms with Crippen molar-refractivity contribution >= 4 is 12.1 Å². The third-order valence-corrected chi connectivity index (χ3v) is 5.63. The van der Waals surface area contributed by atoms with Crippen LogP contribution in [0.1, 0.15) is 51.6 Å². The molecular weight excluding hydrogens is 380 g/mol. The van der Waals surface area contributed by atoms with Gasteiger partial charge in [-0.25, -0.2) is 9.79 Å². The zero-order chi connectivity index (χ0) is 21.6. The van der Waals surface area contributed by atoms with Crippen LogP contribution < -0.4 is 5.73 Å². The molecule has 7 nitrogen and oxygen atoms in total. The van der Waals surface area contributed by atoms with E-state index < -0.39 is 5.60 Å². The average Bonchev–Trinajstić information content (AvgIpc) is 2.73. The van der Waals surface area contributed by atoms with E-state index in [1.165, 1.54) is 5.56 Å². The summed E-state index contributed by atoms with van der Waals surface area (Å²) in [5.41, 5.74) is 7.14. The van der Waals surface area contributed by atoms with Crippen molar-refractivity contribution in [3.8, 4) is 0 Å². The van der Waals surface area contributed by atoms with Gasteiger partial charge >= 0.3 is 6.09 Å². The number of piperazine rings is 1. The number of nitrogens with two attached hydrogens (primary N) is 1. The first kappa shape index (κ1) is 22.4. The monoisotopic (exact) mass is 416 g/mol. The molecule has 0 spiro atoms. The van der Waals surface area contributed by atoms with Crippen molar-refractivity contribution < 1.29 is 14.3 Å². The van der Waals surface area contributed by atoms with E-state index in [2.05, 4.69) is 29.2 Å². The summed E-state index contributed by atoms with van der Waals surface area (Å²) in [6.45, 7) is 9.80. The maximum Gasteiger partial charge on any atom is 0.410 e. The second kappa shape index (κ2) is 10.2. The Morgan fingerprint density at radius 3 is 2.33 bits per heavy atom. The highest BCUT2D eigenvalue weighted by atomic mass is 16.6. The summed E-state index contributed by atoms with van der Waals surface area (Å²) in [6.07, 6.45) is 2.87. The van der Waals surface area contributed by atoms with E-state index in [1.54, 1.807) is 4.90 Å². The van der Waals surface area contributed by atoms with Crippen molar-refractivity contribution in [3.05, 3.63) is 35.9 Å². The molecule has 2 fully saturated rings. The molecule has 30 heavy (non-hydrogen) atoms. The molecule has 1 unspecified atom stereocenters. The highest BCUT2D eigenvalue weighted by molar-refractivity contribution is 5.79. The van der Waals surface area contributed by atoms with Gasteiger partial charge in [0, 0.05) is 39.4 Å². The molecule has 0 bridgehead atoms. The molecule has 0 aliphatic carbocycles. The fourth-order valence-electron chi connectivity index (χ4n) is 3.92. The van der Waals surface area contributed by atoms with Crippen LogP contribution in [-0.2, 0) is 9.47 Å². The van der Waals surface area contributed by atoms with Crippen molar-refractivity contribution in [2.75, 3.05) is 39.4 Å². The van der Waals surface area contributed by atoms with Gasteiger partial charge in [-0.2, -0.15) is 0 Å². The Morgan fingerprint density at radius 1 is 1.13 bits per heavy atom. The minimum Gasteiger partial charge on any atom is -0.444 e. The summed E-state index contributed by atoms with van der Waals surface area (Å²) in [4.78, 5) is 21.0. The second-order valence-corrected chi connectivity index (χ2v) is 9.16. The van der Waals surface area contributed by atoms with Gasteiger partial charge in [-0.1, -0.05) is 30.3 Å². The quantitative estimate of drug-likeness (QED) is 0.601. The van der Waals surface area contributed by atoms with Crippen LogP contribution in [0, 0.1) is 5.92 Å². The van der Waals surface area contributed by atoms with Crippen LogP contribution in [0.3, 0.4) is 0 Å². The van der Waals surface area contributed by atoms with Crippen LogP contribution in [0.15, 0.2) is 35.3 Å². The van der Waals surface area contributed by atoms with Gasteiger partial charge in [-0.3, -0.25) is 0 Å². The summed E-state index contributed by atoms with van der Waals surface area (Å²) in [5.74, 6) is 1.16. The summed E-state index contributed by atoms with van der Waals surface area (Å²) in [5, 5.41) is 0. The number of rotatable bonds is 4. The molecular formula is C23H36N4O3. The summed E-state index contributed by atoms with van der Waals surface area (Å²) >= 11 is 0. The topological polar surface area (TPSA) is 80.4 Å². The van der Waals surface area contributed by atoms with Crippen LogP contribution in [0.4, 0.5) is 4.79 Å². The predicted octanol–water partition coefficient (Wildman–Crippen LogP) is 3.41. The number of nitrogens with zero attached hydrogens (tertiary/aromatic N) is 3. The molecule has 1 aromatic rings. The lowest BCUT2D eigenvalue weighted by atomic mass is 9.90. The Bertz CT molecular complexity index is 703. The fraction of sp³-hybridized carbons (Fsp3) is 0.652. The molecule has 2 aliphatic heterocycles. The second-order valence-electron chi connectivity index (χ2n) is 9.16. The summed E-state index contributed by atoms with van der Waals surface area (Å²) in [7, 11) is 0. The summed E-state index contributed by atoms with van der Waals surface area (Å²) < 4.78 is 11.0. The van der Waals surface area contributed by atoms with Gasteiger partial charge in [-0.15, -0.1) is 0 Å². The first-order valence-corrected chi connectivity index (χ1v) is 11.0. The van der Waals surface area contributed by atoms with Crippen LogP contribution in [-0.4, -0.2) is 66.8 Å². The van der Waals surface area contributed by atoms with Crippen LogP contribution in [0.2, 0.25) is 0 Å². The van der Waals surface area contributed by atoms with Crippen molar-refractivity contribution in [3.63, 3.8) is 0 Å². The molecule has 0 aromatic heterocycles. The Morgan fingerprint density at radius 2 is 1.73 bits per heavy atom. The predicted molar refractivity (Wildman–Crippen MR) is 118 cm³/mol. The van der Waals surface area contributed by atoms with Gasteiger partial charge in [0.15, 0.2) is 5.96 Å². The van der Waals surface area contributed by atoms with Gasteiger partial charge < -0.3 is 25.0 Å². The molecule has 2 saturated heterocycles. The molecule has 166 valence electrons. The molecule has 0 saturated carbocycles. The van der Waals surface area contributed by atoms with Crippen LogP contribution in [0.25, 0.3) is 0 Å². The number of hydrogen-bond donors (Lipinski definition) is 1. The maximum atomic E-state index is 12.3. The normalized spacial score (nSPS) is 20.2. The van der Waals surface area contributed by atoms with Gasteiger partial charge in [0.2, 0.25) is 0 Å². The van der Waals surface area contributed by atoms with Crippen LogP contribution >= 0.6 is 0 Å². The number of ether oxygens (including phenoxy) is 2. The molecule has 1 amide bonds. The van der Waals surface area contributed by atoms with E-state index in [4.69, 9.17) is 20.2 Å². The van der Waals surface area contributed by atoms with E-state index in [0.717, 1.165) is 32.5 Å². The highest BCUT2D eigenvalue weighted by Crippen LogP contribution is 2.30. The maximum absolute atomic E-state index is 12.3. The molecule has 0 radical (unpaired) electrons. The molecule has 1 aromatic carbocycles. The minimum absolute atomic E-state index is 0.0400. The van der Waals surface area contributed by atoms with Gasteiger partial charge in [0.25, 0.3) is 0 Å².